The maximum Gasteiger partial charge on any atom is 0.193 e. The summed E-state index contributed by atoms with van der Waals surface area (Å²) in [6.45, 7) is 13.1. The van der Waals surface area contributed by atoms with E-state index in [1.165, 1.54) is 0 Å². The standard InChI is InChI=1S/C16H32N4O3S.HI/c1-15(2,20-6-9-23-10-7-20)12-18-14(17-5)19-8-11-24(21,22)16(3,4)13-19;/h6-13H2,1-5H3,(H,17,18);1H. The number of halogens is 1. The van der Waals surface area contributed by atoms with Gasteiger partial charge in [0.15, 0.2) is 15.8 Å². The van der Waals surface area contributed by atoms with E-state index in [-0.39, 0.29) is 35.3 Å². The van der Waals surface area contributed by atoms with E-state index >= 15 is 0 Å². The third kappa shape index (κ3) is 5.43. The van der Waals surface area contributed by atoms with Crippen LogP contribution in [-0.4, -0.2) is 93.2 Å². The lowest BCUT2D eigenvalue weighted by molar-refractivity contribution is -0.00849. The molecule has 0 saturated carbocycles. The first-order valence-electron chi connectivity index (χ1n) is 8.60. The lowest BCUT2D eigenvalue weighted by atomic mass is 10.0. The number of nitrogens with one attached hydrogen (secondary N) is 1. The van der Waals surface area contributed by atoms with Crippen LogP contribution in [0.3, 0.4) is 0 Å². The molecule has 0 radical (unpaired) electrons. The van der Waals surface area contributed by atoms with Crippen molar-refractivity contribution >= 4 is 39.8 Å². The Morgan fingerprint density at radius 3 is 2.36 bits per heavy atom. The van der Waals surface area contributed by atoms with E-state index < -0.39 is 14.6 Å². The van der Waals surface area contributed by atoms with Crippen molar-refractivity contribution < 1.29 is 13.2 Å². The highest BCUT2D eigenvalue weighted by Gasteiger charge is 2.41. The van der Waals surface area contributed by atoms with Crippen molar-refractivity contribution in [2.75, 3.05) is 58.7 Å². The van der Waals surface area contributed by atoms with E-state index in [0.717, 1.165) is 38.8 Å². The minimum Gasteiger partial charge on any atom is -0.379 e. The molecule has 2 aliphatic heterocycles. The van der Waals surface area contributed by atoms with E-state index in [9.17, 15) is 8.42 Å². The van der Waals surface area contributed by atoms with Crippen LogP contribution in [0.5, 0.6) is 0 Å². The van der Waals surface area contributed by atoms with Crippen molar-refractivity contribution in [2.45, 2.75) is 38.0 Å². The van der Waals surface area contributed by atoms with Crippen molar-refractivity contribution in [3.8, 4) is 0 Å². The fraction of sp³-hybridized carbons (Fsp3) is 0.938. The summed E-state index contributed by atoms with van der Waals surface area (Å²) in [7, 11) is -1.29. The Balaban J connectivity index is 0.00000312. The average molecular weight is 488 g/mol. The van der Waals surface area contributed by atoms with E-state index in [0.29, 0.717) is 13.1 Å². The van der Waals surface area contributed by atoms with Crippen LogP contribution in [-0.2, 0) is 14.6 Å². The molecule has 2 heterocycles. The quantitative estimate of drug-likeness (QED) is 0.360. The third-order valence-electron chi connectivity index (χ3n) is 5.10. The number of hydrogen-bond donors (Lipinski definition) is 1. The first-order valence-corrected chi connectivity index (χ1v) is 10.2. The minimum absolute atomic E-state index is 0. The summed E-state index contributed by atoms with van der Waals surface area (Å²) in [6, 6.07) is 0. The van der Waals surface area contributed by atoms with E-state index in [2.05, 4.69) is 34.0 Å². The second kappa shape index (κ2) is 8.71. The van der Waals surface area contributed by atoms with Crippen LogP contribution in [0.2, 0.25) is 0 Å². The fourth-order valence-electron chi connectivity index (χ4n) is 3.23. The summed E-state index contributed by atoms with van der Waals surface area (Å²) in [5, 5.41) is 3.44. The monoisotopic (exact) mass is 488 g/mol. The Labute approximate surface area is 169 Å². The van der Waals surface area contributed by atoms with Gasteiger partial charge in [-0.1, -0.05) is 0 Å². The van der Waals surface area contributed by atoms with Crippen molar-refractivity contribution in [2.24, 2.45) is 4.99 Å². The van der Waals surface area contributed by atoms with Crippen LogP contribution >= 0.6 is 24.0 Å². The molecular weight excluding hydrogens is 455 g/mol. The van der Waals surface area contributed by atoms with Crippen LogP contribution in [0.25, 0.3) is 0 Å². The van der Waals surface area contributed by atoms with Gasteiger partial charge in [-0.15, -0.1) is 24.0 Å². The third-order valence-corrected chi connectivity index (χ3v) is 7.63. The van der Waals surface area contributed by atoms with Gasteiger partial charge in [0.2, 0.25) is 0 Å². The molecule has 0 aromatic heterocycles. The lowest BCUT2D eigenvalue weighted by Crippen LogP contribution is -2.60. The molecule has 0 atom stereocenters. The van der Waals surface area contributed by atoms with E-state index in [1.807, 2.05) is 0 Å². The summed E-state index contributed by atoms with van der Waals surface area (Å²) in [4.78, 5) is 8.84. The van der Waals surface area contributed by atoms with Crippen molar-refractivity contribution in [1.29, 1.82) is 0 Å². The smallest absolute Gasteiger partial charge is 0.193 e. The average Bonchev–Trinajstić information content (AvgIpc) is 2.52. The molecule has 148 valence electrons. The summed E-state index contributed by atoms with van der Waals surface area (Å²) >= 11 is 0. The van der Waals surface area contributed by atoms with Gasteiger partial charge in [0.1, 0.15) is 0 Å². The summed E-state index contributed by atoms with van der Waals surface area (Å²) < 4.78 is 29.0. The molecule has 0 aromatic carbocycles. The molecule has 7 nitrogen and oxygen atoms in total. The van der Waals surface area contributed by atoms with Gasteiger partial charge in [-0.3, -0.25) is 9.89 Å². The predicted molar refractivity (Wildman–Crippen MR) is 113 cm³/mol. The molecule has 0 amide bonds. The van der Waals surface area contributed by atoms with E-state index in [1.54, 1.807) is 20.9 Å². The van der Waals surface area contributed by atoms with Gasteiger partial charge in [-0.25, -0.2) is 8.42 Å². The summed E-state index contributed by atoms with van der Waals surface area (Å²) in [5.41, 5.74) is -0.0168. The molecule has 2 fully saturated rings. The molecule has 0 bridgehead atoms. The van der Waals surface area contributed by atoms with Crippen molar-refractivity contribution in [3.05, 3.63) is 0 Å². The largest absolute Gasteiger partial charge is 0.379 e. The molecule has 2 aliphatic rings. The Hall–Kier alpha value is -0.130. The molecule has 9 heteroatoms. The van der Waals surface area contributed by atoms with E-state index in [4.69, 9.17) is 4.74 Å². The number of rotatable bonds is 3. The molecule has 0 unspecified atom stereocenters. The Bertz CT molecular complexity index is 572. The zero-order chi connectivity index (χ0) is 18.0. The predicted octanol–water partition coefficient (Wildman–Crippen LogP) is 0.800. The van der Waals surface area contributed by atoms with Crippen LogP contribution in [0.15, 0.2) is 4.99 Å². The molecule has 25 heavy (non-hydrogen) atoms. The van der Waals surface area contributed by atoms with Gasteiger partial charge in [0.25, 0.3) is 0 Å². The Morgan fingerprint density at radius 1 is 1.24 bits per heavy atom. The number of hydrogen-bond acceptors (Lipinski definition) is 5. The molecule has 0 spiro atoms. The zero-order valence-corrected chi connectivity index (χ0v) is 19.2. The van der Waals surface area contributed by atoms with Gasteiger partial charge in [-0.05, 0) is 27.7 Å². The zero-order valence-electron chi connectivity index (χ0n) is 16.0. The highest BCUT2D eigenvalue weighted by Crippen LogP contribution is 2.24. The Morgan fingerprint density at radius 2 is 1.84 bits per heavy atom. The SMILES string of the molecule is CN=C(NCC(C)(C)N1CCOCC1)N1CCS(=O)(=O)C(C)(C)C1.I. The Kier molecular flexibility index (Phi) is 7.98. The van der Waals surface area contributed by atoms with Gasteiger partial charge < -0.3 is 15.0 Å². The van der Waals surface area contributed by atoms with Gasteiger partial charge >= 0.3 is 0 Å². The van der Waals surface area contributed by atoms with Crippen molar-refractivity contribution in [3.63, 3.8) is 0 Å². The first-order chi connectivity index (χ1) is 11.1. The highest BCUT2D eigenvalue weighted by atomic mass is 127. The molecular formula is C16H33IN4O3S. The number of morpholine rings is 1. The number of sulfone groups is 1. The molecule has 1 N–H and O–H groups in total. The van der Waals surface area contributed by atoms with Gasteiger partial charge in [0.05, 0.1) is 23.7 Å². The van der Waals surface area contributed by atoms with Crippen molar-refractivity contribution in [1.82, 2.24) is 15.1 Å². The summed E-state index contributed by atoms with van der Waals surface area (Å²) in [6.07, 6.45) is 0. The van der Waals surface area contributed by atoms with Crippen LogP contribution in [0, 0.1) is 0 Å². The second-order valence-electron chi connectivity index (χ2n) is 7.81. The lowest BCUT2D eigenvalue weighted by Gasteiger charge is -2.43. The summed E-state index contributed by atoms with van der Waals surface area (Å²) in [5.74, 6) is 0.951. The number of nitrogens with zero attached hydrogens (tertiary/aromatic N) is 3. The number of ether oxygens (including phenoxy) is 1. The molecule has 2 rings (SSSR count). The topological polar surface area (TPSA) is 74.2 Å². The molecule has 0 aromatic rings. The fourth-order valence-corrected chi connectivity index (χ4v) is 4.60. The van der Waals surface area contributed by atoms with Crippen LogP contribution in [0.1, 0.15) is 27.7 Å². The van der Waals surface area contributed by atoms with Crippen LogP contribution < -0.4 is 5.32 Å². The number of aliphatic imine (C=N–C) groups is 1. The first kappa shape index (κ1) is 22.9. The minimum atomic E-state index is -3.04. The second-order valence-corrected chi connectivity index (χ2v) is 10.6. The highest BCUT2D eigenvalue weighted by molar-refractivity contribution is 14.0. The van der Waals surface area contributed by atoms with Crippen LogP contribution in [0.4, 0.5) is 0 Å². The maximum absolute atomic E-state index is 12.2. The maximum atomic E-state index is 12.2. The molecule has 2 saturated heterocycles. The van der Waals surface area contributed by atoms with Gasteiger partial charge in [-0.2, -0.15) is 0 Å². The van der Waals surface area contributed by atoms with Gasteiger partial charge in [0, 0.05) is 45.3 Å². The molecule has 0 aliphatic carbocycles. The normalized spacial score (nSPS) is 24.5. The number of guanidine groups is 1.